The molecule has 0 N–H and O–H groups in total. The summed E-state index contributed by atoms with van der Waals surface area (Å²) in [6, 6.07) is 0.550. The molecule has 1 rings (SSSR count). The van der Waals surface area contributed by atoms with Gasteiger partial charge in [-0.2, -0.15) is 0 Å². The van der Waals surface area contributed by atoms with E-state index in [9.17, 15) is 0 Å². The van der Waals surface area contributed by atoms with E-state index < -0.39 is 0 Å². The van der Waals surface area contributed by atoms with Crippen molar-refractivity contribution in [1.29, 1.82) is 0 Å². The molecule has 0 aromatic rings. The van der Waals surface area contributed by atoms with E-state index in [4.69, 9.17) is 0 Å². The van der Waals surface area contributed by atoms with Gasteiger partial charge in [0.05, 0.1) is 11.1 Å². The zero-order valence-electron chi connectivity index (χ0n) is 8.50. The molecule has 0 aromatic carbocycles. The van der Waals surface area contributed by atoms with Crippen LogP contribution >= 0.6 is 11.8 Å². The van der Waals surface area contributed by atoms with E-state index in [2.05, 4.69) is 32.7 Å². The lowest BCUT2D eigenvalue weighted by Gasteiger charge is -2.09. The normalized spacial score (nSPS) is 29.6. The molecular formula is C10H19NS. The Morgan fingerprint density at radius 1 is 1.50 bits per heavy atom. The average Bonchev–Trinajstić information content (AvgIpc) is 2.29. The Balaban J connectivity index is 2.44. The molecule has 70 valence electrons. The van der Waals surface area contributed by atoms with Crippen LogP contribution in [0.4, 0.5) is 0 Å². The highest BCUT2D eigenvalue weighted by Crippen LogP contribution is 2.31. The number of nitrogens with zero attached hydrogens (tertiary/aromatic N) is 1. The molecule has 1 nitrogen and oxygen atoms in total. The maximum Gasteiger partial charge on any atom is 0.0685 e. The molecule has 2 heteroatoms. The molecule has 1 heterocycles. The number of thioether (sulfide) groups is 1. The minimum atomic E-state index is 0.550. The second-order valence-electron chi connectivity index (χ2n) is 3.93. The smallest absolute Gasteiger partial charge is 0.0685 e. The van der Waals surface area contributed by atoms with Crippen molar-refractivity contribution in [3.63, 3.8) is 0 Å². The summed E-state index contributed by atoms with van der Waals surface area (Å²) in [5.41, 5.74) is 0. The SMILES string of the molecule is CC[C@@H]1SC(CC(C)C)=N[C@H]1C. The van der Waals surface area contributed by atoms with Crippen LogP contribution in [-0.2, 0) is 0 Å². The molecule has 0 amide bonds. The van der Waals surface area contributed by atoms with Crippen molar-refractivity contribution in [3.8, 4) is 0 Å². The fraction of sp³-hybridized carbons (Fsp3) is 0.900. The predicted molar refractivity (Wildman–Crippen MR) is 58.0 cm³/mol. The van der Waals surface area contributed by atoms with E-state index in [1.807, 2.05) is 11.8 Å². The Morgan fingerprint density at radius 3 is 2.58 bits per heavy atom. The zero-order chi connectivity index (χ0) is 9.14. The van der Waals surface area contributed by atoms with Crippen LogP contribution in [0.3, 0.4) is 0 Å². The minimum Gasteiger partial charge on any atom is -0.279 e. The standard InChI is InChI=1S/C10H19NS/c1-5-9-8(4)11-10(12-9)6-7(2)3/h7-9H,5-6H2,1-4H3/t8-,9-/m0/s1. The Kier molecular flexibility index (Phi) is 3.63. The molecule has 0 spiro atoms. The minimum absolute atomic E-state index is 0.550. The van der Waals surface area contributed by atoms with Gasteiger partial charge in [-0.3, -0.25) is 4.99 Å². The lowest BCUT2D eigenvalue weighted by Crippen LogP contribution is -2.11. The van der Waals surface area contributed by atoms with Crippen molar-refractivity contribution in [3.05, 3.63) is 0 Å². The first-order valence-corrected chi connectivity index (χ1v) is 5.74. The first-order valence-electron chi connectivity index (χ1n) is 4.86. The highest BCUT2D eigenvalue weighted by Gasteiger charge is 2.24. The van der Waals surface area contributed by atoms with Gasteiger partial charge in [-0.25, -0.2) is 0 Å². The third kappa shape index (κ3) is 2.51. The molecule has 1 aliphatic heterocycles. The third-order valence-corrected chi connectivity index (χ3v) is 3.73. The van der Waals surface area contributed by atoms with Crippen molar-refractivity contribution in [2.75, 3.05) is 0 Å². The van der Waals surface area contributed by atoms with Gasteiger partial charge in [-0.15, -0.1) is 11.8 Å². The van der Waals surface area contributed by atoms with Crippen LogP contribution in [-0.4, -0.2) is 16.3 Å². The van der Waals surface area contributed by atoms with E-state index in [-0.39, 0.29) is 0 Å². The van der Waals surface area contributed by atoms with Gasteiger partial charge in [0.25, 0.3) is 0 Å². The van der Waals surface area contributed by atoms with Gasteiger partial charge in [0.1, 0.15) is 0 Å². The molecule has 0 saturated heterocycles. The summed E-state index contributed by atoms with van der Waals surface area (Å²) in [5.74, 6) is 0.749. The van der Waals surface area contributed by atoms with E-state index in [0.717, 1.165) is 11.2 Å². The van der Waals surface area contributed by atoms with Gasteiger partial charge >= 0.3 is 0 Å². The fourth-order valence-electron chi connectivity index (χ4n) is 1.49. The van der Waals surface area contributed by atoms with Crippen molar-refractivity contribution in [2.24, 2.45) is 10.9 Å². The summed E-state index contributed by atoms with van der Waals surface area (Å²) < 4.78 is 0. The number of hydrogen-bond donors (Lipinski definition) is 0. The number of hydrogen-bond acceptors (Lipinski definition) is 2. The topological polar surface area (TPSA) is 12.4 Å². The van der Waals surface area contributed by atoms with Crippen LogP contribution in [0.5, 0.6) is 0 Å². The molecule has 0 radical (unpaired) electrons. The number of aliphatic imine (C=N–C) groups is 1. The van der Waals surface area contributed by atoms with E-state index in [1.54, 1.807) is 0 Å². The van der Waals surface area contributed by atoms with Gasteiger partial charge in [-0.05, 0) is 25.7 Å². The summed E-state index contributed by atoms with van der Waals surface area (Å²) >= 11 is 2.00. The molecule has 0 unspecified atom stereocenters. The quantitative estimate of drug-likeness (QED) is 0.657. The fourth-order valence-corrected chi connectivity index (χ4v) is 2.92. The molecule has 0 bridgehead atoms. The van der Waals surface area contributed by atoms with Gasteiger partial charge in [0.15, 0.2) is 0 Å². The van der Waals surface area contributed by atoms with Crippen LogP contribution in [0.25, 0.3) is 0 Å². The lowest BCUT2D eigenvalue weighted by atomic mass is 10.1. The Hall–Kier alpha value is 0.0200. The molecule has 2 atom stereocenters. The highest BCUT2D eigenvalue weighted by atomic mass is 32.2. The van der Waals surface area contributed by atoms with Gasteiger partial charge in [-0.1, -0.05) is 20.8 Å². The summed E-state index contributed by atoms with van der Waals surface area (Å²) in [6.45, 7) is 9.00. The van der Waals surface area contributed by atoms with E-state index in [1.165, 1.54) is 17.9 Å². The first kappa shape index (κ1) is 10.1. The van der Waals surface area contributed by atoms with Crippen molar-refractivity contribution >= 4 is 16.8 Å². The first-order chi connectivity index (χ1) is 5.63. The zero-order valence-corrected chi connectivity index (χ0v) is 9.32. The Morgan fingerprint density at radius 2 is 2.17 bits per heavy atom. The van der Waals surface area contributed by atoms with Gasteiger partial charge < -0.3 is 0 Å². The summed E-state index contributed by atoms with van der Waals surface area (Å²) in [4.78, 5) is 4.66. The van der Waals surface area contributed by atoms with Crippen molar-refractivity contribution in [1.82, 2.24) is 0 Å². The Labute approximate surface area is 80.0 Å². The van der Waals surface area contributed by atoms with Gasteiger partial charge in [0, 0.05) is 5.25 Å². The molecule has 0 saturated carbocycles. The van der Waals surface area contributed by atoms with Crippen LogP contribution < -0.4 is 0 Å². The Bertz CT molecular complexity index is 175. The summed E-state index contributed by atoms with van der Waals surface area (Å²) in [6.07, 6.45) is 2.42. The predicted octanol–water partition coefficient (Wildman–Crippen LogP) is 3.34. The monoisotopic (exact) mass is 185 g/mol. The van der Waals surface area contributed by atoms with Crippen molar-refractivity contribution in [2.45, 2.75) is 51.8 Å². The summed E-state index contributed by atoms with van der Waals surface area (Å²) in [5, 5.41) is 2.13. The highest BCUT2D eigenvalue weighted by molar-refractivity contribution is 8.14. The molecule has 0 aliphatic carbocycles. The van der Waals surface area contributed by atoms with Crippen LogP contribution in [0, 0.1) is 5.92 Å². The third-order valence-electron chi connectivity index (χ3n) is 2.16. The second kappa shape index (κ2) is 4.31. The van der Waals surface area contributed by atoms with Crippen molar-refractivity contribution < 1.29 is 0 Å². The largest absolute Gasteiger partial charge is 0.279 e. The second-order valence-corrected chi connectivity index (χ2v) is 5.24. The average molecular weight is 185 g/mol. The summed E-state index contributed by atoms with van der Waals surface area (Å²) in [7, 11) is 0. The molecule has 0 fully saturated rings. The molecular weight excluding hydrogens is 166 g/mol. The van der Waals surface area contributed by atoms with Crippen LogP contribution in [0.1, 0.15) is 40.5 Å². The van der Waals surface area contributed by atoms with E-state index in [0.29, 0.717) is 6.04 Å². The van der Waals surface area contributed by atoms with E-state index >= 15 is 0 Å². The molecule has 0 aromatic heterocycles. The molecule has 12 heavy (non-hydrogen) atoms. The van der Waals surface area contributed by atoms with Crippen LogP contribution in [0.15, 0.2) is 4.99 Å². The maximum atomic E-state index is 4.66. The molecule has 1 aliphatic rings. The maximum absolute atomic E-state index is 4.66. The van der Waals surface area contributed by atoms with Crippen LogP contribution in [0.2, 0.25) is 0 Å². The van der Waals surface area contributed by atoms with Gasteiger partial charge in [0.2, 0.25) is 0 Å². The lowest BCUT2D eigenvalue weighted by molar-refractivity contribution is 0.670. The number of rotatable bonds is 3.